The van der Waals surface area contributed by atoms with Crippen LogP contribution in [0.1, 0.15) is 22.3 Å². The van der Waals surface area contributed by atoms with Gasteiger partial charge in [-0.1, -0.05) is 57.9 Å². The standard InChI is InChI=1S/C26H22BrFN2O4/c1-16-6-8-17(9-7-16)14-30-25(31)22(29-26(30)32)11-19-12-23(33-2)24(13-21(19)27)34-15-18-4-3-5-20(28)10-18/h3-13H,14-15H2,1-2H3,(H,29,32). The van der Waals surface area contributed by atoms with Gasteiger partial charge in [0, 0.05) is 4.47 Å². The van der Waals surface area contributed by atoms with Gasteiger partial charge < -0.3 is 14.8 Å². The van der Waals surface area contributed by atoms with Crippen LogP contribution in [0.3, 0.4) is 0 Å². The number of hydrogen-bond acceptors (Lipinski definition) is 4. The Kier molecular flexibility index (Phi) is 6.98. The number of imide groups is 1. The summed E-state index contributed by atoms with van der Waals surface area (Å²) in [5.74, 6) is 0.127. The molecular formula is C26H22BrFN2O4. The topological polar surface area (TPSA) is 67.9 Å². The summed E-state index contributed by atoms with van der Waals surface area (Å²) in [7, 11) is 1.50. The number of carbonyl (C=O) groups is 2. The van der Waals surface area contributed by atoms with Crippen molar-refractivity contribution in [3.8, 4) is 11.5 Å². The first-order chi connectivity index (χ1) is 16.3. The first-order valence-electron chi connectivity index (χ1n) is 10.5. The van der Waals surface area contributed by atoms with Crippen molar-refractivity contribution < 1.29 is 23.5 Å². The fraction of sp³-hybridized carbons (Fsp3) is 0.154. The van der Waals surface area contributed by atoms with Crippen LogP contribution in [0.2, 0.25) is 0 Å². The van der Waals surface area contributed by atoms with E-state index in [2.05, 4.69) is 21.2 Å². The van der Waals surface area contributed by atoms with E-state index in [0.29, 0.717) is 27.1 Å². The Morgan fingerprint density at radius 3 is 2.50 bits per heavy atom. The summed E-state index contributed by atoms with van der Waals surface area (Å²) in [5.41, 5.74) is 3.42. The SMILES string of the molecule is COc1cc(C=C2NC(=O)N(Cc3ccc(C)cc3)C2=O)c(Br)cc1OCc1cccc(F)c1. The lowest BCUT2D eigenvalue weighted by Crippen LogP contribution is -2.30. The molecule has 1 fully saturated rings. The number of rotatable bonds is 7. The van der Waals surface area contributed by atoms with Crippen molar-refractivity contribution in [3.63, 3.8) is 0 Å². The Bertz CT molecular complexity index is 1270. The summed E-state index contributed by atoms with van der Waals surface area (Å²) in [6.45, 7) is 2.31. The molecule has 6 nitrogen and oxygen atoms in total. The van der Waals surface area contributed by atoms with Gasteiger partial charge in [0.25, 0.3) is 5.91 Å². The molecule has 0 atom stereocenters. The quantitative estimate of drug-likeness (QED) is 0.323. The Morgan fingerprint density at radius 1 is 1.03 bits per heavy atom. The minimum absolute atomic E-state index is 0.156. The van der Waals surface area contributed by atoms with Crippen LogP contribution in [0.25, 0.3) is 6.08 Å². The third-order valence-electron chi connectivity index (χ3n) is 5.29. The molecule has 0 saturated carbocycles. The van der Waals surface area contributed by atoms with Crippen LogP contribution in [0.5, 0.6) is 11.5 Å². The molecule has 4 rings (SSSR count). The lowest BCUT2D eigenvalue weighted by Gasteiger charge is -2.13. The molecule has 1 aliphatic rings. The first kappa shape index (κ1) is 23.5. The van der Waals surface area contributed by atoms with E-state index in [9.17, 15) is 14.0 Å². The second-order valence-electron chi connectivity index (χ2n) is 7.81. The predicted molar refractivity (Wildman–Crippen MR) is 130 cm³/mol. The molecule has 3 aromatic carbocycles. The van der Waals surface area contributed by atoms with E-state index in [-0.39, 0.29) is 24.7 Å². The number of benzene rings is 3. The van der Waals surface area contributed by atoms with Gasteiger partial charge in [-0.3, -0.25) is 9.69 Å². The van der Waals surface area contributed by atoms with Crippen LogP contribution in [0, 0.1) is 12.7 Å². The molecule has 0 aliphatic carbocycles. The molecule has 0 bridgehead atoms. The molecule has 0 radical (unpaired) electrons. The van der Waals surface area contributed by atoms with Crippen molar-refractivity contribution in [2.45, 2.75) is 20.1 Å². The van der Waals surface area contributed by atoms with E-state index in [4.69, 9.17) is 9.47 Å². The number of methoxy groups -OCH3 is 1. The zero-order valence-corrected chi connectivity index (χ0v) is 20.2. The van der Waals surface area contributed by atoms with Gasteiger partial charge in [0.15, 0.2) is 11.5 Å². The summed E-state index contributed by atoms with van der Waals surface area (Å²) in [4.78, 5) is 26.5. The number of ether oxygens (including phenoxy) is 2. The molecule has 1 heterocycles. The normalized spacial score (nSPS) is 14.5. The van der Waals surface area contributed by atoms with Gasteiger partial charge in [0.2, 0.25) is 0 Å². The number of hydrogen-bond donors (Lipinski definition) is 1. The molecule has 3 aromatic rings. The van der Waals surface area contributed by atoms with Gasteiger partial charge in [-0.15, -0.1) is 0 Å². The molecule has 3 amide bonds. The van der Waals surface area contributed by atoms with Crippen molar-refractivity contribution in [3.05, 3.63) is 98.9 Å². The van der Waals surface area contributed by atoms with Crippen LogP contribution < -0.4 is 14.8 Å². The maximum atomic E-state index is 13.4. The van der Waals surface area contributed by atoms with E-state index in [1.807, 2.05) is 31.2 Å². The lowest BCUT2D eigenvalue weighted by molar-refractivity contribution is -0.123. The fourth-order valence-corrected chi connectivity index (χ4v) is 3.91. The smallest absolute Gasteiger partial charge is 0.329 e. The molecule has 0 spiro atoms. The molecule has 1 N–H and O–H groups in total. The van der Waals surface area contributed by atoms with Crippen molar-refractivity contribution in [1.29, 1.82) is 0 Å². The first-order valence-corrected chi connectivity index (χ1v) is 11.3. The molecule has 174 valence electrons. The van der Waals surface area contributed by atoms with Crippen LogP contribution in [-0.4, -0.2) is 23.9 Å². The summed E-state index contributed by atoms with van der Waals surface area (Å²) in [6.07, 6.45) is 1.58. The number of carbonyl (C=O) groups excluding carboxylic acids is 2. The average Bonchev–Trinajstić information content (AvgIpc) is 3.07. The summed E-state index contributed by atoms with van der Waals surface area (Å²) < 4.78 is 25.3. The number of nitrogens with one attached hydrogen (secondary N) is 1. The van der Waals surface area contributed by atoms with E-state index < -0.39 is 11.9 Å². The number of aryl methyl sites for hydroxylation is 1. The molecule has 34 heavy (non-hydrogen) atoms. The van der Waals surface area contributed by atoms with E-state index in [0.717, 1.165) is 16.0 Å². The minimum atomic E-state index is -0.477. The highest BCUT2D eigenvalue weighted by molar-refractivity contribution is 9.10. The maximum Gasteiger partial charge on any atom is 0.329 e. The lowest BCUT2D eigenvalue weighted by atomic mass is 10.1. The van der Waals surface area contributed by atoms with Gasteiger partial charge in [-0.05, 0) is 54.0 Å². The number of halogens is 2. The van der Waals surface area contributed by atoms with Crippen LogP contribution in [0.15, 0.2) is 70.8 Å². The third-order valence-corrected chi connectivity index (χ3v) is 5.98. The molecule has 1 aliphatic heterocycles. The summed E-state index contributed by atoms with van der Waals surface area (Å²) >= 11 is 3.49. The van der Waals surface area contributed by atoms with E-state index in [1.54, 1.807) is 30.3 Å². The predicted octanol–water partition coefficient (Wildman–Crippen LogP) is 5.58. The van der Waals surface area contributed by atoms with Gasteiger partial charge in [-0.2, -0.15) is 0 Å². The van der Waals surface area contributed by atoms with Gasteiger partial charge in [0.1, 0.15) is 18.1 Å². The zero-order chi connectivity index (χ0) is 24.2. The highest BCUT2D eigenvalue weighted by Gasteiger charge is 2.33. The van der Waals surface area contributed by atoms with E-state index >= 15 is 0 Å². The largest absolute Gasteiger partial charge is 0.493 e. The Labute approximate surface area is 205 Å². The number of amides is 3. The van der Waals surface area contributed by atoms with E-state index in [1.165, 1.54) is 19.2 Å². The van der Waals surface area contributed by atoms with Crippen molar-refractivity contribution in [2.24, 2.45) is 0 Å². The molecule has 1 saturated heterocycles. The summed E-state index contributed by atoms with van der Waals surface area (Å²) in [6, 6.07) is 16.7. The highest BCUT2D eigenvalue weighted by atomic mass is 79.9. The number of urea groups is 1. The van der Waals surface area contributed by atoms with Gasteiger partial charge >= 0.3 is 6.03 Å². The summed E-state index contributed by atoms with van der Waals surface area (Å²) in [5, 5.41) is 2.64. The monoisotopic (exact) mass is 524 g/mol. The van der Waals surface area contributed by atoms with Crippen molar-refractivity contribution >= 4 is 33.9 Å². The van der Waals surface area contributed by atoms with Crippen LogP contribution in [0.4, 0.5) is 9.18 Å². The highest BCUT2D eigenvalue weighted by Crippen LogP contribution is 2.35. The third kappa shape index (κ3) is 5.28. The van der Waals surface area contributed by atoms with Gasteiger partial charge in [-0.25, -0.2) is 9.18 Å². The molecule has 0 unspecified atom stereocenters. The molecule has 0 aromatic heterocycles. The van der Waals surface area contributed by atoms with Crippen molar-refractivity contribution in [2.75, 3.05) is 7.11 Å². The molecular weight excluding hydrogens is 503 g/mol. The van der Waals surface area contributed by atoms with Gasteiger partial charge in [0.05, 0.1) is 13.7 Å². The maximum absolute atomic E-state index is 13.4. The van der Waals surface area contributed by atoms with Crippen molar-refractivity contribution in [1.82, 2.24) is 10.2 Å². The zero-order valence-electron chi connectivity index (χ0n) is 18.6. The second kappa shape index (κ2) is 10.1. The Hall–Kier alpha value is -3.65. The van der Waals surface area contributed by atoms with Crippen LogP contribution >= 0.6 is 15.9 Å². The molecule has 8 heteroatoms. The number of nitrogens with zero attached hydrogens (tertiary/aromatic N) is 1. The average molecular weight is 525 g/mol. The minimum Gasteiger partial charge on any atom is -0.493 e. The Morgan fingerprint density at radius 2 is 1.79 bits per heavy atom. The Balaban J connectivity index is 1.53. The van der Waals surface area contributed by atoms with Crippen LogP contribution in [-0.2, 0) is 17.9 Å². The second-order valence-corrected chi connectivity index (χ2v) is 8.66. The fourth-order valence-electron chi connectivity index (χ4n) is 3.47.